The first kappa shape index (κ1) is 23.7. The lowest BCUT2D eigenvalue weighted by Gasteiger charge is -2.29. The fourth-order valence-electron chi connectivity index (χ4n) is 4.63. The van der Waals surface area contributed by atoms with Crippen LogP contribution in [0.1, 0.15) is 43.7 Å². The summed E-state index contributed by atoms with van der Waals surface area (Å²) in [6.07, 6.45) is 2.94. The summed E-state index contributed by atoms with van der Waals surface area (Å²) in [6.45, 7) is 3.88. The molecule has 1 unspecified atom stereocenters. The number of nitriles is 1. The summed E-state index contributed by atoms with van der Waals surface area (Å²) in [4.78, 5) is 15.4. The molecule has 0 amide bonds. The molecule has 2 N–H and O–H groups in total. The molecular weight excluding hydrogens is 441 g/mol. The SMILES string of the molecule is CC1C=CC(Cn2c(-c3ccc(N4CCCCC4)cc3)cc(C(F)(F)F)c(C#N)c2=O)=C(N)C1. The molecule has 1 fully saturated rings. The zero-order valence-corrected chi connectivity index (χ0v) is 19.0. The molecule has 1 saturated heterocycles. The second-order valence-corrected chi connectivity index (χ2v) is 9.00. The molecule has 0 saturated carbocycles. The van der Waals surface area contributed by atoms with Gasteiger partial charge in [0.05, 0.1) is 17.8 Å². The standard InChI is InChI=1S/C26H27F3N4O/c1-17-5-6-19(23(31)13-17)16-33-24(14-22(26(27,28)29)21(15-30)25(33)34)18-7-9-20(10-8-18)32-11-3-2-4-12-32/h5-10,14,17H,2-4,11-13,16,31H2,1H3. The maximum atomic E-state index is 13.8. The van der Waals surface area contributed by atoms with Crippen LogP contribution >= 0.6 is 0 Å². The van der Waals surface area contributed by atoms with Crippen molar-refractivity contribution in [2.75, 3.05) is 18.0 Å². The molecule has 178 valence electrons. The fourth-order valence-corrected chi connectivity index (χ4v) is 4.63. The van der Waals surface area contributed by atoms with Crippen LogP contribution in [0, 0.1) is 17.2 Å². The van der Waals surface area contributed by atoms with Gasteiger partial charge < -0.3 is 15.2 Å². The van der Waals surface area contributed by atoms with E-state index < -0.39 is 22.9 Å². The van der Waals surface area contributed by atoms with Gasteiger partial charge in [-0.25, -0.2) is 0 Å². The summed E-state index contributed by atoms with van der Waals surface area (Å²) < 4.78 is 42.5. The van der Waals surface area contributed by atoms with Crippen LogP contribution in [0.5, 0.6) is 0 Å². The van der Waals surface area contributed by atoms with Crippen LogP contribution in [0.2, 0.25) is 0 Å². The highest BCUT2D eigenvalue weighted by molar-refractivity contribution is 5.66. The van der Waals surface area contributed by atoms with Crippen LogP contribution in [0.3, 0.4) is 0 Å². The molecule has 1 aliphatic heterocycles. The quantitative estimate of drug-likeness (QED) is 0.669. The van der Waals surface area contributed by atoms with Crippen molar-refractivity contribution in [2.45, 2.75) is 45.3 Å². The predicted molar refractivity (Wildman–Crippen MR) is 126 cm³/mol. The van der Waals surface area contributed by atoms with E-state index in [4.69, 9.17) is 5.73 Å². The summed E-state index contributed by atoms with van der Waals surface area (Å²) in [6, 6.07) is 9.59. The van der Waals surface area contributed by atoms with Gasteiger partial charge >= 0.3 is 6.18 Å². The topological polar surface area (TPSA) is 75.0 Å². The Hall–Kier alpha value is -3.47. The molecule has 0 spiro atoms. The Bertz CT molecular complexity index is 1230. The molecule has 5 nitrogen and oxygen atoms in total. The van der Waals surface area contributed by atoms with E-state index in [-0.39, 0.29) is 18.2 Å². The van der Waals surface area contributed by atoms with Gasteiger partial charge in [0, 0.05) is 24.5 Å². The minimum absolute atomic E-state index is 0.0100. The van der Waals surface area contributed by atoms with E-state index in [1.807, 2.05) is 31.2 Å². The molecule has 2 aliphatic rings. The summed E-state index contributed by atoms with van der Waals surface area (Å²) in [5, 5.41) is 9.40. The Morgan fingerprint density at radius 3 is 2.41 bits per heavy atom. The van der Waals surface area contributed by atoms with Crippen LogP contribution in [-0.4, -0.2) is 17.7 Å². The number of anilines is 1. The molecule has 0 radical (unpaired) electrons. The number of alkyl halides is 3. The lowest BCUT2D eigenvalue weighted by atomic mass is 9.95. The van der Waals surface area contributed by atoms with Gasteiger partial charge in [-0.05, 0) is 60.9 Å². The highest BCUT2D eigenvalue weighted by Crippen LogP contribution is 2.34. The lowest BCUT2D eigenvalue weighted by molar-refractivity contribution is -0.137. The van der Waals surface area contributed by atoms with E-state index >= 15 is 0 Å². The average Bonchev–Trinajstić information content (AvgIpc) is 2.81. The molecule has 34 heavy (non-hydrogen) atoms. The maximum Gasteiger partial charge on any atom is 0.417 e. The van der Waals surface area contributed by atoms with Crippen LogP contribution in [0.15, 0.2) is 58.5 Å². The Balaban J connectivity index is 1.84. The molecule has 2 heterocycles. The third-order valence-corrected chi connectivity index (χ3v) is 6.51. The fraction of sp³-hybridized carbons (Fsp3) is 0.385. The van der Waals surface area contributed by atoms with Crippen LogP contribution in [-0.2, 0) is 12.7 Å². The summed E-state index contributed by atoms with van der Waals surface area (Å²) >= 11 is 0. The lowest BCUT2D eigenvalue weighted by Crippen LogP contribution is -2.30. The maximum absolute atomic E-state index is 13.8. The van der Waals surface area contributed by atoms with Gasteiger partial charge in [-0.1, -0.05) is 31.2 Å². The third-order valence-electron chi connectivity index (χ3n) is 6.51. The number of hydrogen-bond donors (Lipinski definition) is 1. The molecule has 4 rings (SSSR count). The Labute approximate surface area is 196 Å². The minimum atomic E-state index is -4.83. The molecule has 1 aliphatic carbocycles. The normalized spacial score (nSPS) is 18.8. The van der Waals surface area contributed by atoms with Crippen LogP contribution < -0.4 is 16.2 Å². The number of nitrogens with two attached hydrogens (primary N) is 1. The Morgan fingerprint density at radius 1 is 1.15 bits per heavy atom. The number of pyridine rings is 1. The average molecular weight is 469 g/mol. The van der Waals surface area contributed by atoms with E-state index in [9.17, 15) is 23.2 Å². The van der Waals surface area contributed by atoms with Gasteiger partial charge in [0.1, 0.15) is 11.6 Å². The number of halogens is 3. The van der Waals surface area contributed by atoms with Crippen molar-refractivity contribution in [3.05, 3.63) is 75.2 Å². The number of benzene rings is 1. The Kier molecular flexibility index (Phi) is 6.56. The first-order valence-corrected chi connectivity index (χ1v) is 11.4. The van der Waals surface area contributed by atoms with Crippen molar-refractivity contribution in [3.8, 4) is 17.3 Å². The monoisotopic (exact) mass is 468 g/mol. The second-order valence-electron chi connectivity index (χ2n) is 9.00. The van der Waals surface area contributed by atoms with Gasteiger partial charge in [0.15, 0.2) is 0 Å². The van der Waals surface area contributed by atoms with Crippen molar-refractivity contribution in [2.24, 2.45) is 11.7 Å². The summed E-state index contributed by atoms with van der Waals surface area (Å²) in [7, 11) is 0. The van der Waals surface area contributed by atoms with Crippen LogP contribution in [0.4, 0.5) is 18.9 Å². The highest BCUT2D eigenvalue weighted by Gasteiger charge is 2.36. The van der Waals surface area contributed by atoms with Crippen molar-refractivity contribution in [1.29, 1.82) is 5.26 Å². The smallest absolute Gasteiger partial charge is 0.402 e. The summed E-state index contributed by atoms with van der Waals surface area (Å²) in [5.41, 5.74) is 5.92. The number of hydrogen-bond acceptors (Lipinski definition) is 4. The highest BCUT2D eigenvalue weighted by atomic mass is 19.4. The molecule has 2 aromatic rings. The van der Waals surface area contributed by atoms with Crippen molar-refractivity contribution in [3.63, 3.8) is 0 Å². The molecule has 8 heteroatoms. The molecular formula is C26H27F3N4O. The second kappa shape index (κ2) is 9.41. The van der Waals surface area contributed by atoms with E-state index in [2.05, 4.69) is 4.90 Å². The number of rotatable bonds is 4. The van der Waals surface area contributed by atoms with Crippen molar-refractivity contribution >= 4 is 5.69 Å². The largest absolute Gasteiger partial charge is 0.417 e. The van der Waals surface area contributed by atoms with E-state index in [0.29, 0.717) is 23.3 Å². The minimum Gasteiger partial charge on any atom is -0.402 e. The van der Waals surface area contributed by atoms with Crippen LogP contribution in [0.25, 0.3) is 11.3 Å². The van der Waals surface area contributed by atoms with E-state index in [1.165, 1.54) is 17.1 Å². The number of allylic oxidation sites excluding steroid dienone is 4. The van der Waals surface area contributed by atoms with Gasteiger partial charge in [-0.2, -0.15) is 18.4 Å². The van der Waals surface area contributed by atoms with Crippen molar-refractivity contribution < 1.29 is 13.2 Å². The van der Waals surface area contributed by atoms with Gasteiger partial charge in [-0.3, -0.25) is 4.79 Å². The first-order chi connectivity index (χ1) is 16.2. The number of piperidine rings is 1. The molecule has 1 atom stereocenters. The summed E-state index contributed by atoms with van der Waals surface area (Å²) in [5.74, 6) is 0.240. The molecule has 1 aromatic heterocycles. The zero-order chi connectivity index (χ0) is 24.5. The number of aromatic nitrogens is 1. The van der Waals surface area contributed by atoms with E-state index in [0.717, 1.165) is 37.7 Å². The molecule has 0 bridgehead atoms. The first-order valence-electron chi connectivity index (χ1n) is 11.4. The Morgan fingerprint density at radius 2 is 1.82 bits per heavy atom. The van der Waals surface area contributed by atoms with Gasteiger partial charge in [0.2, 0.25) is 0 Å². The van der Waals surface area contributed by atoms with Crippen molar-refractivity contribution in [1.82, 2.24) is 4.57 Å². The zero-order valence-electron chi connectivity index (χ0n) is 19.0. The van der Waals surface area contributed by atoms with Gasteiger partial charge in [-0.15, -0.1) is 0 Å². The molecule has 1 aromatic carbocycles. The predicted octanol–water partition coefficient (Wildman–Crippen LogP) is 5.20. The third kappa shape index (κ3) is 4.74. The number of nitrogens with zero attached hydrogens (tertiary/aromatic N) is 3. The van der Waals surface area contributed by atoms with Gasteiger partial charge in [0.25, 0.3) is 5.56 Å². The van der Waals surface area contributed by atoms with E-state index in [1.54, 1.807) is 12.1 Å².